The van der Waals surface area contributed by atoms with E-state index in [-0.39, 0.29) is 5.82 Å². The summed E-state index contributed by atoms with van der Waals surface area (Å²) in [5, 5.41) is 0. The maximum Gasteiger partial charge on any atom is 0.126 e. The highest BCUT2D eigenvalue weighted by molar-refractivity contribution is 5.47. The molecule has 0 saturated carbocycles. The molecule has 0 radical (unpaired) electrons. The zero-order chi connectivity index (χ0) is 9.14. The number of rotatable bonds is 2. The zero-order valence-electron chi connectivity index (χ0n) is 7.76. The van der Waals surface area contributed by atoms with E-state index in [9.17, 15) is 4.39 Å². The lowest BCUT2D eigenvalue weighted by atomic mass is 10.1. The third kappa shape index (κ3) is 1.76. The summed E-state index contributed by atoms with van der Waals surface area (Å²) in [6.45, 7) is 1.96. The summed E-state index contributed by atoms with van der Waals surface area (Å²) >= 11 is 0. The summed E-state index contributed by atoms with van der Waals surface area (Å²) in [5.41, 5.74) is 1.83. The predicted octanol–water partition coefficient (Wildman–Crippen LogP) is 2.45. The van der Waals surface area contributed by atoms with Crippen molar-refractivity contribution in [2.24, 2.45) is 0 Å². The molecule has 1 nitrogen and oxygen atoms in total. The largest absolute Gasteiger partial charge is 0.378 e. The van der Waals surface area contributed by atoms with Gasteiger partial charge < -0.3 is 4.90 Å². The Hall–Kier alpha value is -1.05. The monoisotopic (exact) mass is 167 g/mol. The van der Waals surface area contributed by atoms with Gasteiger partial charge in [0.1, 0.15) is 5.82 Å². The Morgan fingerprint density at radius 2 is 2.00 bits per heavy atom. The molecule has 0 amide bonds. The van der Waals surface area contributed by atoms with Crippen molar-refractivity contribution in [3.63, 3.8) is 0 Å². The van der Waals surface area contributed by atoms with Crippen LogP contribution in [0, 0.1) is 5.82 Å². The highest BCUT2D eigenvalue weighted by Gasteiger charge is 2.01. The molecule has 0 aliphatic carbocycles. The van der Waals surface area contributed by atoms with Crippen molar-refractivity contribution in [1.29, 1.82) is 0 Å². The van der Waals surface area contributed by atoms with Crippen molar-refractivity contribution < 1.29 is 4.39 Å². The van der Waals surface area contributed by atoms with Crippen molar-refractivity contribution in [3.05, 3.63) is 29.6 Å². The number of aryl methyl sites for hydroxylation is 1. The van der Waals surface area contributed by atoms with Crippen LogP contribution < -0.4 is 4.90 Å². The Kier molecular flexibility index (Phi) is 2.69. The maximum atomic E-state index is 13.0. The van der Waals surface area contributed by atoms with E-state index >= 15 is 0 Å². The summed E-state index contributed by atoms with van der Waals surface area (Å²) in [6, 6.07) is 5.19. The van der Waals surface area contributed by atoms with Crippen molar-refractivity contribution in [3.8, 4) is 0 Å². The van der Waals surface area contributed by atoms with Crippen molar-refractivity contribution in [1.82, 2.24) is 0 Å². The molecule has 0 atom stereocenters. The second-order valence-electron chi connectivity index (χ2n) is 3.02. The first-order valence-electron chi connectivity index (χ1n) is 4.11. The second-order valence-corrected chi connectivity index (χ2v) is 3.02. The molecular weight excluding hydrogens is 153 g/mol. The number of halogens is 1. The highest BCUT2D eigenvalue weighted by Crippen LogP contribution is 2.16. The molecule has 66 valence electrons. The Labute approximate surface area is 72.8 Å². The molecule has 0 aliphatic rings. The van der Waals surface area contributed by atoms with Crippen LogP contribution in [0.2, 0.25) is 0 Å². The molecule has 0 saturated heterocycles. The third-order valence-corrected chi connectivity index (χ3v) is 1.93. The second kappa shape index (κ2) is 3.57. The minimum Gasteiger partial charge on any atom is -0.378 e. The molecule has 1 rings (SSSR count). The molecule has 12 heavy (non-hydrogen) atoms. The molecule has 0 bridgehead atoms. The van der Waals surface area contributed by atoms with E-state index in [1.165, 1.54) is 6.07 Å². The van der Waals surface area contributed by atoms with Crippen LogP contribution in [0.4, 0.5) is 10.1 Å². The van der Waals surface area contributed by atoms with Crippen LogP contribution in [0.5, 0.6) is 0 Å². The van der Waals surface area contributed by atoms with E-state index in [0.717, 1.165) is 17.7 Å². The van der Waals surface area contributed by atoms with Gasteiger partial charge in [-0.05, 0) is 30.2 Å². The van der Waals surface area contributed by atoms with Crippen LogP contribution in [0.15, 0.2) is 18.2 Å². The van der Waals surface area contributed by atoms with Crippen LogP contribution in [0.3, 0.4) is 0 Å². The smallest absolute Gasteiger partial charge is 0.126 e. The quantitative estimate of drug-likeness (QED) is 0.654. The fourth-order valence-corrected chi connectivity index (χ4v) is 1.11. The van der Waals surface area contributed by atoms with Gasteiger partial charge in [-0.3, -0.25) is 0 Å². The Bertz CT molecular complexity index is 269. The van der Waals surface area contributed by atoms with Crippen LogP contribution in [-0.4, -0.2) is 14.1 Å². The number of hydrogen-bond acceptors (Lipinski definition) is 1. The predicted molar refractivity (Wildman–Crippen MR) is 50.1 cm³/mol. The van der Waals surface area contributed by atoms with Gasteiger partial charge in [-0.2, -0.15) is 0 Å². The normalized spacial score (nSPS) is 10.0. The molecule has 0 spiro atoms. The lowest BCUT2D eigenvalue weighted by Crippen LogP contribution is -2.09. The number of benzene rings is 1. The van der Waals surface area contributed by atoms with Crippen molar-refractivity contribution >= 4 is 5.69 Å². The van der Waals surface area contributed by atoms with Gasteiger partial charge in [0, 0.05) is 19.8 Å². The highest BCUT2D eigenvalue weighted by atomic mass is 19.1. The minimum atomic E-state index is -0.108. The van der Waals surface area contributed by atoms with E-state index in [4.69, 9.17) is 0 Å². The SMILES string of the molecule is CCc1cc(N(C)C)ccc1F. The van der Waals surface area contributed by atoms with Crippen LogP contribution in [0.25, 0.3) is 0 Å². The topological polar surface area (TPSA) is 3.24 Å². The molecule has 0 heterocycles. The Balaban J connectivity index is 3.05. The van der Waals surface area contributed by atoms with Gasteiger partial charge in [0.05, 0.1) is 0 Å². The van der Waals surface area contributed by atoms with Gasteiger partial charge in [0.25, 0.3) is 0 Å². The maximum absolute atomic E-state index is 13.0. The van der Waals surface area contributed by atoms with Crippen molar-refractivity contribution in [2.75, 3.05) is 19.0 Å². The van der Waals surface area contributed by atoms with Gasteiger partial charge >= 0.3 is 0 Å². The van der Waals surface area contributed by atoms with Crippen LogP contribution >= 0.6 is 0 Å². The summed E-state index contributed by atoms with van der Waals surface area (Å²) < 4.78 is 13.0. The van der Waals surface area contributed by atoms with E-state index in [0.29, 0.717) is 0 Å². The average molecular weight is 167 g/mol. The Morgan fingerprint density at radius 1 is 1.33 bits per heavy atom. The summed E-state index contributed by atoms with van der Waals surface area (Å²) in [6.07, 6.45) is 0.744. The number of nitrogens with zero attached hydrogens (tertiary/aromatic N) is 1. The van der Waals surface area contributed by atoms with Crippen molar-refractivity contribution in [2.45, 2.75) is 13.3 Å². The molecule has 0 unspecified atom stereocenters. The molecule has 2 heteroatoms. The average Bonchev–Trinajstić information content (AvgIpc) is 2.05. The molecule has 0 aromatic heterocycles. The molecule has 0 N–H and O–H groups in total. The van der Waals surface area contributed by atoms with E-state index in [1.54, 1.807) is 6.07 Å². The minimum absolute atomic E-state index is 0.108. The van der Waals surface area contributed by atoms with E-state index in [2.05, 4.69) is 0 Å². The van der Waals surface area contributed by atoms with E-state index in [1.807, 2.05) is 32.0 Å². The first-order chi connectivity index (χ1) is 5.65. The van der Waals surface area contributed by atoms with Gasteiger partial charge in [-0.1, -0.05) is 6.92 Å². The first-order valence-corrected chi connectivity index (χ1v) is 4.11. The molecular formula is C10H14FN. The summed E-state index contributed by atoms with van der Waals surface area (Å²) in [4.78, 5) is 1.97. The Morgan fingerprint density at radius 3 is 2.50 bits per heavy atom. The van der Waals surface area contributed by atoms with Gasteiger partial charge in [0.15, 0.2) is 0 Å². The molecule has 0 aliphatic heterocycles. The van der Waals surface area contributed by atoms with Crippen LogP contribution in [0.1, 0.15) is 12.5 Å². The number of hydrogen-bond donors (Lipinski definition) is 0. The van der Waals surface area contributed by atoms with Crippen LogP contribution in [-0.2, 0) is 6.42 Å². The third-order valence-electron chi connectivity index (χ3n) is 1.93. The summed E-state index contributed by atoms with van der Waals surface area (Å²) in [7, 11) is 3.90. The summed E-state index contributed by atoms with van der Waals surface area (Å²) in [5.74, 6) is -0.108. The van der Waals surface area contributed by atoms with Gasteiger partial charge in [-0.25, -0.2) is 4.39 Å². The van der Waals surface area contributed by atoms with E-state index < -0.39 is 0 Å². The molecule has 0 fully saturated rings. The van der Waals surface area contributed by atoms with Gasteiger partial charge in [0.2, 0.25) is 0 Å². The fraction of sp³-hybridized carbons (Fsp3) is 0.400. The fourth-order valence-electron chi connectivity index (χ4n) is 1.11. The number of anilines is 1. The standard InChI is InChI=1S/C10H14FN/c1-4-8-7-9(12(2)3)5-6-10(8)11/h5-7H,4H2,1-3H3. The lowest BCUT2D eigenvalue weighted by molar-refractivity contribution is 0.612. The first kappa shape index (κ1) is 9.04. The molecule has 1 aromatic carbocycles. The lowest BCUT2D eigenvalue weighted by Gasteiger charge is -2.13. The zero-order valence-corrected chi connectivity index (χ0v) is 7.76. The van der Waals surface area contributed by atoms with Gasteiger partial charge in [-0.15, -0.1) is 0 Å². The molecule has 1 aromatic rings.